The Morgan fingerprint density at radius 3 is 2.71 bits per heavy atom. The average Bonchev–Trinajstić information content (AvgIpc) is 2.97. The van der Waals surface area contributed by atoms with Gasteiger partial charge in [-0.1, -0.05) is 12.1 Å². The summed E-state index contributed by atoms with van der Waals surface area (Å²) in [5, 5.41) is 0. The van der Waals surface area contributed by atoms with Crippen molar-refractivity contribution < 1.29 is 0 Å². The van der Waals surface area contributed by atoms with Crippen molar-refractivity contribution in [3.8, 4) is 17.2 Å². The fourth-order valence-corrected chi connectivity index (χ4v) is 2.07. The molecule has 0 aliphatic heterocycles. The van der Waals surface area contributed by atoms with Crippen molar-refractivity contribution >= 4 is 11.6 Å². The average molecular weight is 280 g/mol. The molecular weight excluding hydrogens is 264 g/mol. The number of hydrogen-bond donors (Lipinski definition) is 1. The van der Waals surface area contributed by atoms with Crippen molar-refractivity contribution in [2.24, 2.45) is 0 Å². The van der Waals surface area contributed by atoms with Gasteiger partial charge in [-0.25, -0.2) is 9.97 Å². The van der Waals surface area contributed by atoms with E-state index < -0.39 is 0 Å². The van der Waals surface area contributed by atoms with Crippen LogP contribution in [0.1, 0.15) is 0 Å². The molecule has 2 heterocycles. The third-order valence-corrected chi connectivity index (χ3v) is 3.06. The highest BCUT2D eigenvalue weighted by molar-refractivity contribution is 5.63. The second kappa shape index (κ2) is 5.24. The van der Waals surface area contributed by atoms with Crippen LogP contribution in [0.15, 0.2) is 48.9 Å². The Labute approximate surface area is 122 Å². The van der Waals surface area contributed by atoms with Crippen LogP contribution >= 0.6 is 0 Å². The molecule has 3 rings (SSSR count). The maximum atomic E-state index is 5.85. The van der Waals surface area contributed by atoms with Crippen molar-refractivity contribution in [2.45, 2.75) is 0 Å². The molecule has 6 nitrogen and oxygen atoms in total. The summed E-state index contributed by atoms with van der Waals surface area (Å²) in [6.45, 7) is 0. The third-order valence-electron chi connectivity index (χ3n) is 3.06. The predicted molar refractivity (Wildman–Crippen MR) is 83.3 cm³/mol. The fraction of sp³-hybridized carbons (Fsp3) is 0.133. The Balaban J connectivity index is 2.09. The molecule has 0 saturated carbocycles. The summed E-state index contributed by atoms with van der Waals surface area (Å²) < 4.78 is 1.92. The molecule has 0 amide bonds. The minimum Gasteiger partial charge on any atom is -0.399 e. The van der Waals surface area contributed by atoms with Crippen molar-refractivity contribution in [2.75, 3.05) is 24.7 Å². The molecule has 1 aromatic carbocycles. The molecule has 0 bridgehead atoms. The quantitative estimate of drug-likeness (QED) is 0.743. The summed E-state index contributed by atoms with van der Waals surface area (Å²) >= 11 is 0. The van der Waals surface area contributed by atoms with E-state index in [9.17, 15) is 0 Å². The van der Waals surface area contributed by atoms with Gasteiger partial charge in [0.15, 0.2) is 0 Å². The molecule has 0 fully saturated rings. The minimum absolute atomic E-state index is 0.653. The van der Waals surface area contributed by atoms with Crippen LogP contribution in [0.25, 0.3) is 17.2 Å². The number of nitrogens with two attached hydrogens (primary N) is 1. The lowest BCUT2D eigenvalue weighted by atomic mass is 10.2. The van der Waals surface area contributed by atoms with E-state index in [1.807, 2.05) is 60.1 Å². The number of nitrogen functional groups attached to an aromatic ring is 1. The van der Waals surface area contributed by atoms with Gasteiger partial charge >= 0.3 is 0 Å². The van der Waals surface area contributed by atoms with Gasteiger partial charge in [0.25, 0.3) is 0 Å². The molecule has 0 atom stereocenters. The van der Waals surface area contributed by atoms with Crippen LogP contribution in [0.3, 0.4) is 0 Å². The van der Waals surface area contributed by atoms with E-state index in [-0.39, 0.29) is 0 Å². The molecule has 0 saturated heterocycles. The summed E-state index contributed by atoms with van der Waals surface area (Å²) in [6.07, 6.45) is 5.36. The standard InChI is InChI=1S/C15H16N6/c1-20(2)15-18-7-6-13(19-15)21-9-8-17-14(21)11-4-3-5-12(16)10-11/h3-10H,16H2,1-2H3. The molecule has 0 unspecified atom stereocenters. The van der Waals surface area contributed by atoms with Crippen LogP contribution in [0.2, 0.25) is 0 Å². The maximum Gasteiger partial charge on any atom is 0.226 e. The monoisotopic (exact) mass is 280 g/mol. The van der Waals surface area contributed by atoms with Gasteiger partial charge in [0.1, 0.15) is 11.6 Å². The molecule has 0 aliphatic rings. The fourth-order valence-electron chi connectivity index (χ4n) is 2.07. The Bertz CT molecular complexity index is 762. The number of benzene rings is 1. The van der Waals surface area contributed by atoms with Gasteiger partial charge in [-0.3, -0.25) is 4.57 Å². The lowest BCUT2D eigenvalue weighted by Crippen LogP contribution is -2.13. The Morgan fingerprint density at radius 1 is 1.10 bits per heavy atom. The first-order chi connectivity index (χ1) is 10.1. The van der Waals surface area contributed by atoms with E-state index in [1.54, 1.807) is 12.4 Å². The molecule has 21 heavy (non-hydrogen) atoms. The highest BCUT2D eigenvalue weighted by Crippen LogP contribution is 2.22. The summed E-state index contributed by atoms with van der Waals surface area (Å²) in [5.74, 6) is 2.22. The van der Waals surface area contributed by atoms with Crippen LogP contribution < -0.4 is 10.6 Å². The smallest absolute Gasteiger partial charge is 0.226 e. The van der Waals surface area contributed by atoms with Gasteiger partial charge < -0.3 is 10.6 Å². The van der Waals surface area contributed by atoms with Gasteiger partial charge in [0.05, 0.1) is 0 Å². The number of imidazole rings is 1. The zero-order chi connectivity index (χ0) is 14.8. The second-order valence-electron chi connectivity index (χ2n) is 4.86. The lowest BCUT2D eigenvalue weighted by Gasteiger charge is -2.12. The molecule has 2 N–H and O–H groups in total. The van der Waals surface area contributed by atoms with E-state index in [2.05, 4.69) is 15.0 Å². The number of hydrogen-bond acceptors (Lipinski definition) is 5. The van der Waals surface area contributed by atoms with Crippen LogP contribution in [-0.2, 0) is 0 Å². The number of aromatic nitrogens is 4. The van der Waals surface area contributed by atoms with Gasteiger partial charge in [-0.15, -0.1) is 0 Å². The van der Waals surface area contributed by atoms with Gasteiger partial charge in [0, 0.05) is 43.9 Å². The first-order valence-corrected chi connectivity index (χ1v) is 6.55. The molecule has 0 radical (unpaired) electrons. The van der Waals surface area contributed by atoms with Gasteiger partial charge in [-0.2, -0.15) is 4.98 Å². The summed E-state index contributed by atoms with van der Waals surface area (Å²) in [4.78, 5) is 15.0. The molecule has 6 heteroatoms. The van der Waals surface area contributed by atoms with Crippen LogP contribution in [0.4, 0.5) is 11.6 Å². The highest BCUT2D eigenvalue weighted by atomic mass is 15.2. The summed E-state index contributed by atoms with van der Waals surface area (Å²) in [7, 11) is 3.82. The van der Waals surface area contributed by atoms with E-state index >= 15 is 0 Å². The van der Waals surface area contributed by atoms with Crippen molar-refractivity contribution in [1.82, 2.24) is 19.5 Å². The predicted octanol–water partition coefficient (Wildman–Crippen LogP) is 1.98. The van der Waals surface area contributed by atoms with Gasteiger partial charge in [0.2, 0.25) is 5.95 Å². The number of rotatable bonds is 3. The maximum absolute atomic E-state index is 5.85. The van der Waals surface area contributed by atoms with Crippen LogP contribution in [0, 0.1) is 0 Å². The van der Waals surface area contributed by atoms with Crippen molar-refractivity contribution in [3.05, 3.63) is 48.9 Å². The zero-order valence-corrected chi connectivity index (χ0v) is 11.9. The Morgan fingerprint density at radius 2 is 1.95 bits per heavy atom. The Kier molecular flexibility index (Phi) is 3.27. The van der Waals surface area contributed by atoms with Gasteiger partial charge in [-0.05, 0) is 18.2 Å². The normalized spacial score (nSPS) is 10.6. The first kappa shape index (κ1) is 13.1. The van der Waals surface area contributed by atoms with E-state index in [0.29, 0.717) is 11.6 Å². The topological polar surface area (TPSA) is 72.9 Å². The molecular formula is C15H16N6. The van der Waals surface area contributed by atoms with E-state index in [4.69, 9.17) is 5.73 Å². The molecule has 106 valence electrons. The first-order valence-electron chi connectivity index (χ1n) is 6.55. The van der Waals surface area contributed by atoms with E-state index in [0.717, 1.165) is 17.2 Å². The number of anilines is 2. The largest absolute Gasteiger partial charge is 0.399 e. The SMILES string of the molecule is CN(C)c1nccc(-n2ccnc2-c2cccc(N)c2)n1. The number of nitrogens with zero attached hydrogens (tertiary/aromatic N) is 5. The van der Waals surface area contributed by atoms with Crippen molar-refractivity contribution in [1.29, 1.82) is 0 Å². The van der Waals surface area contributed by atoms with Crippen molar-refractivity contribution in [3.63, 3.8) is 0 Å². The minimum atomic E-state index is 0.653. The lowest BCUT2D eigenvalue weighted by molar-refractivity contribution is 0.936. The Hall–Kier alpha value is -2.89. The van der Waals surface area contributed by atoms with E-state index in [1.165, 1.54) is 0 Å². The van der Waals surface area contributed by atoms with Crippen LogP contribution in [0.5, 0.6) is 0 Å². The second-order valence-corrected chi connectivity index (χ2v) is 4.86. The molecule has 2 aromatic heterocycles. The molecule has 0 aliphatic carbocycles. The summed E-state index contributed by atoms with van der Waals surface area (Å²) in [5.41, 5.74) is 7.50. The molecule has 3 aromatic rings. The zero-order valence-electron chi connectivity index (χ0n) is 11.9. The van der Waals surface area contributed by atoms with Crippen LogP contribution in [-0.4, -0.2) is 33.6 Å². The highest BCUT2D eigenvalue weighted by Gasteiger charge is 2.10. The molecule has 0 spiro atoms. The third kappa shape index (κ3) is 2.55. The summed E-state index contributed by atoms with van der Waals surface area (Å²) in [6, 6.07) is 9.49.